The molecule has 0 aliphatic carbocycles. The van der Waals surface area contributed by atoms with Crippen LogP contribution >= 0.6 is 0 Å². The minimum Gasteiger partial charge on any atom is -0.379 e. The zero-order valence-electron chi connectivity index (χ0n) is 20.3. The fourth-order valence-corrected chi connectivity index (χ4v) is 5.09. The van der Waals surface area contributed by atoms with Crippen LogP contribution in [0.15, 0.2) is 36.4 Å². The van der Waals surface area contributed by atoms with Gasteiger partial charge in [0, 0.05) is 51.0 Å². The number of hydrogen-bond acceptors (Lipinski definition) is 5. The largest absolute Gasteiger partial charge is 0.379 e. The van der Waals surface area contributed by atoms with Crippen molar-refractivity contribution in [3.05, 3.63) is 53.1 Å². The maximum atomic E-state index is 5.48. The zero-order valence-corrected chi connectivity index (χ0v) is 20.3. The molecule has 2 aliphatic heterocycles. The third-order valence-corrected chi connectivity index (χ3v) is 7.21. The Balaban J connectivity index is 1.53. The molecular formula is C27H39N3O2. The van der Waals surface area contributed by atoms with Crippen LogP contribution in [0.2, 0.25) is 0 Å². The van der Waals surface area contributed by atoms with Gasteiger partial charge in [-0.1, -0.05) is 30.3 Å². The van der Waals surface area contributed by atoms with E-state index in [-0.39, 0.29) is 0 Å². The molecule has 0 bridgehead atoms. The molecule has 0 amide bonds. The summed E-state index contributed by atoms with van der Waals surface area (Å²) in [5.74, 6) is 0. The second-order valence-corrected chi connectivity index (χ2v) is 9.15. The van der Waals surface area contributed by atoms with Crippen molar-refractivity contribution in [1.29, 1.82) is 0 Å². The number of ether oxygens (including phenoxy) is 1. The highest BCUT2D eigenvalue weighted by atomic mass is 16.7. The van der Waals surface area contributed by atoms with Crippen LogP contribution in [0.1, 0.15) is 36.5 Å². The Kier molecular flexibility index (Phi) is 7.84. The molecule has 2 aromatic carbocycles. The van der Waals surface area contributed by atoms with E-state index < -0.39 is 0 Å². The number of benzene rings is 2. The van der Waals surface area contributed by atoms with Crippen molar-refractivity contribution < 1.29 is 9.57 Å². The molecule has 0 spiro atoms. The normalized spacial score (nSPS) is 18.8. The molecule has 5 nitrogen and oxygen atoms in total. The first-order valence-electron chi connectivity index (χ1n) is 12.2. The number of nitrogens with zero attached hydrogens (tertiary/aromatic N) is 3. The highest BCUT2D eigenvalue weighted by Crippen LogP contribution is 2.33. The average Bonchev–Trinajstić information content (AvgIpc) is 2.83. The molecule has 0 N–H and O–H groups in total. The Morgan fingerprint density at radius 2 is 1.66 bits per heavy atom. The fraction of sp³-hybridized carbons (Fsp3) is 0.556. The van der Waals surface area contributed by atoms with Crippen LogP contribution in [0.5, 0.6) is 0 Å². The first-order chi connectivity index (χ1) is 15.6. The van der Waals surface area contributed by atoms with E-state index in [1.165, 1.54) is 33.5 Å². The second kappa shape index (κ2) is 10.8. The third-order valence-electron chi connectivity index (χ3n) is 7.21. The van der Waals surface area contributed by atoms with E-state index in [0.29, 0.717) is 6.04 Å². The molecule has 174 valence electrons. The molecule has 2 saturated heterocycles. The summed E-state index contributed by atoms with van der Waals surface area (Å²) in [6, 6.07) is 14.5. The molecule has 0 aromatic heterocycles. The van der Waals surface area contributed by atoms with Crippen LogP contribution in [0.3, 0.4) is 0 Å². The summed E-state index contributed by atoms with van der Waals surface area (Å²) in [6.07, 6.45) is 2.28. The number of rotatable bonds is 7. The van der Waals surface area contributed by atoms with Gasteiger partial charge in [0.25, 0.3) is 0 Å². The number of hydroxylamine groups is 2. The average molecular weight is 438 g/mol. The second-order valence-electron chi connectivity index (χ2n) is 9.15. The van der Waals surface area contributed by atoms with Crippen molar-refractivity contribution >= 4 is 5.69 Å². The Labute approximate surface area is 193 Å². The maximum absolute atomic E-state index is 5.48. The number of hydrogen-bond donors (Lipinski definition) is 0. The molecule has 0 unspecified atom stereocenters. The standard InChI is InChI=1S/C27H39N3O2/c1-5-30(26-10-12-29(31-4)13-11-26)27-19-25(18-21(2)22(27)3)24-8-6-23(7-9-24)20-28-14-16-32-17-15-28/h6-9,18-19,26H,5,10-17,20H2,1-4H3. The van der Waals surface area contributed by atoms with Gasteiger partial charge >= 0.3 is 0 Å². The van der Waals surface area contributed by atoms with E-state index >= 15 is 0 Å². The molecule has 0 saturated carbocycles. The summed E-state index contributed by atoms with van der Waals surface area (Å²) in [6.45, 7) is 14.6. The number of piperidine rings is 1. The number of anilines is 1. The molecule has 0 radical (unpaired) electrons. The molecule has 2 fully saturated rings. The molecule has 0 atom stereocenters. The summed E-state index contributed by atoms with van der Waals surface area (Å²) >= 11 is 0. The Morgan fingerprint density at radius 3 is 2.28 bits per heavy atom. The lowest BCUT2D eigenvalue weighted by Gasteiger charge is -2.39. The van der Waals surface area contributed by atoms with Gasteiger partial charge in [0.05, 0.1) is 20.3 Å². The van der Waals surface area contributed by atoms with E-state index in [0.717, 1.165) is 65.3 Å². The monoisotopic (exact) mass is 437 g/mol. The predicted octanol–water partition coefficient (Wildman–Crippen LogP) is 4.65. The van der Waals surface area contributed by atoms with E-state index in [2.05, 4.69) is 72.0 Å². The summed E-state index contributed by atoms with van der Waals surface area (Å²) in [4.78, 5) is 10.5. The Morgan fingerprint density at radius 1 is 0.969 bits per heavy atom. The first-order valence-corrected chi connectivity index (χ1v) is 12.2. The molecule has 2 aliphatic rings. The molecule has 2 aromatic rings. The highest BCUT2D eigenvalue weighted by molar-refractivity contribution is 5.72. The fourth-order valence-electron chi connectivity index (χ4n) is 5.09. The zero-order chi connectivity index (χ0) is 22.5. The van der Waals surface area contributed by atoms with Crippen molar-refractivity contribution in [2.24, 2.45) is 0 Å². The van der Waals surface area contributed by atoms with Gasteiger partial charge in [0.1, 0.15) is 0 Å². The van der Waals surface area contributed by atoms with Gasteiger partial charge in [-0.05, 0) is 67.5 Å². The van der Waals surface area contributed by atoms with Crippen molar-refractivity contribution in [3.8, 4) is 11.1 Å². The van der Waals surface area contributed by atoms with Gasteiger partial charge in [-0.15, -0.1) is 0 Å². The van der Waals surface area contributed by atoms with Crippen LogP contribution < -0.4 is 4.90 Å². The molecule has 2 heterocycles. The van der Waals surface area contributed by atoms with Gasteiger partial charge in [-0.3, -0.25) is 4.90 Å². The molecule has 4 rings (SSSR count). The van der Waals surface area contributed by atoms with Gasteiger partial charge in [0.2, 0.25) is 0 Å². The van der Waals surface area contributed by atoms with Gasteiger partial charge in [0.15, 0.2) is 0 Å². The Bertz CT molecular complexity index is 869. The number of aryl methyl sites for hydroxylation is 1. The van der Waals surface area contributed by atoms with Crippen molar-refractivity contribution in [2.45, 2.75) is 46.2 Å². The van der Waals surface area contributed by atoms with E-state index in [1.54, 1.807) is 7.11 Å². The summed E-state index contributed by atoms with van der Waals surface area (Å²) in [7, 11) is 1.78. The predicted molar refractivity (Wildman–Crippen MR) is 132 cm³/mol. The summed E-state index contributed by atoms with van der Waals surface area (Å²) < 4.78 is 5.48. The van der Waals surface area contributed by atoms with Gasteiger partial charge in [-0.2, -0.15) is 5.06 Å². The Hall–Kier alpha value is -1.92. The molecule has 5 heteroatoms. The van der Waals surface area contributed by atoms with E-state index in [1.807, 2.05) is 0 Å². The SMILES string of the molecule is CCN(c1cc(-c2ccc(CN3CCOCC3)cc2)cc(C)c1C)C1CCN(OC)CC1. The van der Waals surface area contributed by atoms with Crippen LogP contribution in [0.25, 0.3) is 11.1 Å². The lowest BCUT2D eigenvalue weighted by molar-refractivity contribution is -0.143. The lowest BCUT2D eigenvalue weighted by Crippen LogP contribution is -2.45. The minimum absolute atomic E-state index is 0.565. The summed E-state index contributed by atoms with van der Waals surface area (Å²) in [5.41, 5.74) is 8.13. The third kappa shape index (κ3) is 5.34. The van der Waals surface area contributed by atoms with Crippen LogP contribution in [-0.2, 0) is 16.1 Å². The van der Waals surface area contributed by atoms with Gasteiger partial charge in [-0.25, -0.2) is 0 Å². The minimum atomic E-state index is 0.565. The van der Waals surface area contributed by atoms with Crippen LogP contribution in [0, 0.1) is 13.8 Å². The topological polar surface area (TPSA) is 28.2 Å². The van der Waals surface area contributed by atoms with Crippen molar-refractivity contribution in [3.63, 3.8) is 0 Å². The maximum Gasteiger partial charge on any atom is 0.0594 e. The van der Waals surface area contributed by atoms with Crippen molar-refractivity contribution in [1.82, 2.24) is 9.96 Å². The van der Waals surface area contributed by atoms with Crippen molar-refractivity contribution in [2.75, 3.05) is 57.9 Å². The van der Waals surface area contributed by atoms with Crippen LogP contribution in [0.4, 0.5) is 5.69 Å². The van der Waals surface area contributed by atoms with E-state index in [9.17, 15) is 0 Å². The quantitative estimate of drug-likeness (QED) is 0.629. The van der Waals surface area contributed by atoms with E-state index in [4.69, 9.17) is 9.57 Å². The van der Waals surface area contributed by atoms with Gasteiger partial charge < -0.3 is 14.5 Å². The first kappa shape index (κ1) is 23.2. The highest BCUT2D eigenvalue weighted by Gasteiger charge is 2.25. The smallest absolute Gasteiger partial charge is 0.0594 e. The van der Waals surface area contributed by atoms with Crippen LogP contribution in [-0.4, -0.2) is 69.1 Å². The summed E-state index contributed by atoms with van der Waals surface area (Å²) in [5, 5.41) is 2.08. The number of morpholine rings is 1. The molecular weight excluding hydrogens is 398 g/mol. The molecule has 32 heavy (non-hydrogen) atoms. The lowest BCUT2D eigenvalue weighted by atomic mass is 9.95.